The molecule has 0 radical (unpaired) electrons. The molecule has 2 aromatic heterocycles. The molecule has 0 fully saturated rings. The van der Waals surface area contributed by atoms with Gasteiger partial charge in [0.2, 0.25) is 0 Å². The Kier molecular flexibility index (Phi) is 2.70. The third-order valence-corrected chi connectivity index (χ3v) is 2.20. The Morgan fingerprint density at radius 1 is 1.36 bits per heavy atom. The molecule has 2 heterocycles. The molecule has 0 amide bonds. The van der Waals surface area contributed by atoms with Crippen LogP contribution in [-0.2, 0) is 6.42 Å². The van der Waals surface area contributed by atoms with Gasteiger partial charge in [-0.25, -0.2) is 0 Å². The van der Waals surface area contributed by atoms with E-state index in [1.54, 1.807) is 6.20 Å². The van der Waals surface area contributed by atoms with E-state index in [1.807, 2.05) is 30.6 Å². The quantitative estimate of drug-likeness (QED) is 0.758. The minimum Gasteiger partial charge on any atom is -0.365 e. The van der Waals surface area contributed by atoms with Gasteiger partial charge < -0.3 is 4.98 Å². The van der Waals surface area contributed by atoms with Gasteiger partial charge in [0.25, 0.3) is 0 Å². The van der Waals surface area contributed by atoms with Crippen molar-refractivity contribution in [3.8, 4) is 0 Å². The first-order valence-corrected chi connectivity index (χ1v) is 4.82. The van der Waals surface area contributed by atoms with Crippen molar-refractivity contribution in [2.45, 2.75) is 6.42 Å². The van der Waals surface area contributed by atoms with Crippen LogP contribution in [0.5, 0.6) is 0 Å². The van der Waals surface area contributed by atoms with Gasteiger partial charge in [-0.15, -0.1) is 0 Å². The summed E-state index contributed by atoms with van der Waals surface area (Å²) in [6.07, 6.45) is 6.35. The van der Waals surface area contributed by atoms with Crippen molar-refractivity contribution < 1.29 is 0 Å². The molecule has 3 heteroatoms. The lowest BCUT2D eigenvalue weighted by atomic mass is 10.1. The largest absolute Gasteiger partial charge is 0.365 e. The van der Waals surface area contributed by atoms with E-state index in [1.165, 1.54) is 5.56 Å². The second-order valence-electron chi connectivity index (χ2n) is 3.09. The average molecular weight is 202 g/mol. The summed E-state index contributed by atoms with van der Waals surface area (Å²) in [5.74, 6) is 0. The molecule has 0 saturated carbocycles. The van der Waals surface area contributed by atoms with Crippen LogP contribution in [0, 0.1) is 4.51 Å². The van der Waals surface area contributed by atoms with Crippen LogP contribution in [0.2, 0.25) is 0 Å². The second kappa shape index (κ2) is 4.15. The van der Waals surface area contributed by atoms with E-state index in [0.29, 0.717) is 0 Å². The fraction of sp³-hybridized carbons (Fsp3) is 0.0909. The van der Waals surface area contributed by atoms with E-state index in [0.717, 1.165) is 16.6 Å². The molecule has 2 nitrogen and oxygen atoms in total. The molecule has 1 N–H and O–H groups in total. The Hall–Kier alpha value is -1.48. The van der Waals surface area contributed by atoms with Gasteiger partial charge in [-0.05, 0) is 23.8 Å². The Balaban J connectivity index is 2.24. The molecule has 0 atom stereocenters. The summed E-state index contributed by atoms with van der Waals surface area (Å²) in [6, 6.07) is 7.84. The molecule has 0 aliphatic heterocycles. The Morgan fingerprint density at radius 3 is 3.00 bits per heavy atom. The first-order valence-electron chi connectivity index (χ1n) is 4.41. The summed E-state index contributed by atoms with van der Waals surface area (Å²) in [4.78, 5) is 7.23. The highest BCUT2D eigenvalue weighted by molar-refractivity contribution is 7.71. The monoisotopic (exact) mass is 202 g/mol. The van der Waals surface area contributed by atoms with Crippen molar-refractivity contribution >= 4 is 12.2 Å². The van der Waals surface area contributed by atoms with Gasteiger partial charge in [0.05, 0.1) is 0 Å². The summed E-state index contributed by atoms with van der Waals surface area (Å²) in [7, 11) is 0. The minimum atomic E-state index is 0.846. The van der Waals surface area contributed by atoms with Gasteiger partial charge in [0, 0.05) is 35.2 Å². The maximum atomic E-state index is 5.08. The highest BCUT2D eigenvalue weighted by Gasteiger charge is 1.95. The molecule has 0 unspecified atom stereocenters. The third-order valence-electron chi connectivity index (χ3n) is 1.95. The van der Waals surface area contributed by atoms with Crippen LogP contribution in [0.4, 0.5) is 0 Å². The minimum absolute atomic E-state index is 0.846. The van der Waals surface area contributed by atoms with E-state index < -0.39 is 0 Å². The van der Waals surface area contributed by atoms with Crippen LogP contribution in [0.3, 0.4) is 0 Å². The molecule has 0 aliphatic carbocycles. The van der Waals surface area contributed by atoms with Crippen LogP contribution in [0.25, 0.3) is 0 Å². The molecule has 14 heavy (non-hydrogen) atoms. The first-order chi connectivity index (χ1) is 6.84. The number of hydrogen-bond acceptors (Lipinski definition) is 2. The fourth-order valence-corrected chi connectivity index (χ4v) is 1.53. The number of hydrogen-bond donors (Lipinski definition) is 1. The zero-order valence-corrected chi connectivity index (χ0v) is 8.42. The summed E-state index contributed by atoms with van der Waals surface area (Å²) >= 11 is 5.08. The summed E-state index contributed by atoms with van der Waals surface area (Å²) in [6.45, 7) is 0. The average Bonchev–Trinajstić information content (AvgIpc) is 2.19. The van der Waals surface area contributed by atoms with Gasteiger partial charge >= 0.3 is 0 Å². The van der Waals surface area contributed by atoms with Crippen molar-refractivity contribution in [3.05, 3.63) is 58.6 Å². The predicted molar refractivity (Wildman–Crippen MR) is 58.7 cm³/mol. The van der Waals surface area contributed by atoms with Crippen LogP contribution in [-0.4, -0.2) is 9.97 Å². The molecular formula is C11H10N2S. The predicted octanol–water partition coefficient (Wildman–Crippen LogP) is 2.73. The molecule has 0 spiro atoms. The zero-order valence-electron chi connectivity index (χ0n) is 7.60. The first kappa shape index (κ1) is 9.09. The van der Waals surface area contributed by atoms with Crippen molar-refractivity contribution in [1.82, 2.24) is 9.97 Å². The molecule has 70 valence electrons. The molecule has 0 bridgehead atoms. The Labute approximate surface area is 87.7 Å². The molecule has 0 aliphatic rings. The van der Waals surface area contributed by atoms with Gasteiger partial charge in [-0.3, -0.25) is 4.98 Å². The molecule has 0 saturated heterocycles. The number of H-pyrrole nitrogens is 1. The van der Waals surface area contributed by atoms with Gasteiger partial charge in [0.1, 0.15) is 0 Å². The van der Waals surface area contributed by atoms with Crippen molar-refractivity contribution in [2.75, 3.05) is 0 Å². The third kappa shape index (κ3) is 2.26. The second-order valence-corrected chi connectivity index (χ2v) is 3.56. The molecular weight excluding hydrogens is 192 g/mol. The molecule has 0 aromatic carbocycles. The Bertz CT molecular complexity index is 462. The number of nitrogens with one attached hydrogen (secondary N) is 1. The number of rotatable bonds is 2. The van der Waals surface area contributed by atoms with Gasteiger partial charge in [-0.2, -0.15) is 0 Å². The lowest BCUT2D eigenvalue weighted by Crippen LogP contribution is -1.91. The smallest absolute Gasteiger partial charge is 0.0408 e. The number of aromatic nitrogens is 2. The van der Waals surface area contributed by atoms with Gasteiger partial charge in [-0.1, -0.05) is 18.3 Å². The van der Waals surface area contributed by atoms with E-state index in [2.05, 4.69) is 16.0 Å². The van der Waals surface area contributed by atoms with Crippen LogP contribution < -0.4 is 0 Å². The summed E-state index contributed by atoms with van der Waals surface area (Å²) < 4.78 is 0.864. The Morgan fingerprint density at radius 2 is 2.29 bits per heavy atom. The number of pyridine rings is 2. The standard InChI is InChI=1S/C11H10N2S/c14-11-3-5-13-10(7-11)6-9-2-1-4-12-8-9/h1-5,7-8H,6H2,(H,13,14). The van der Waals surface area contributed by atoms with Crippen molar-refractivity contribution in [2.24, 2.45) is 0 Å². The highest BCUT2D eigenvalue weighted by atomic mass is 32.1. The van der Waals surface area contributed by atoms with E-state index in [-0.39, 0.29) is 0 Å². The molecule has 2 aromatic rings. The van der Waals surface area contributed by atoms with Crippen LogP contribution in [0.15, 0.2) is 42.9 Å². The number of aromatic amines is 1. The van der Waals surface area contributed by atoms with Crippen molar-refractivity contribution in [3.63, 3.8) is 0 Å². The van der Waals surface area contributed by atoms with Crippen LogP contribution >= 0.6 is 12.2 Å². The summed E-state index contributed by atoms with van der Waals surface area (Å²) in [5.41, 5.74) is 2.30. The SMILES string of the molecule is S=c1cc[nH]c(Cc2cccnc2)c1. The van der Waals surface area contributed by atoms with Crippen LogP contribution in [0.1, 0.15) is 11.3 Å². The van der Waals surface area contributed by atoms with Crippen molar-refractivity contribution in [1.29, 1.82) is 0 Å². The lowest BCUT2D eigenvalue weighted by Gasteiger charge is -2.00. The van der Waals surface area contributed by atoms with Gasteiger partial charge in [0.15, 0.2) is 0 Å². The zero-order chi connectivity index (χ0) is 9.80. The number of nitrogens with zero attached hydrogens (tertiary/aromatic N) is 1. The highest BCUT2D eigenvalue weighted by Crippen LogP contribution is 2.05. The van der Waals surface area contributed by atoms with E-state index in [4.69, 9.17) is 12.2 Å². The normalized spacial score (nSPS) is 10.0. The fourth-order valence-electron chi connectivity index (χ4n) is 1.32. The maximum Gasteiger partial charge on any atom is 0.0408 e. The summed E-state index contributed by atoms with van der Waals surface area (Å²) in [5, 5.41) is 0. The van der Waals surface area contributed by atoms with E-state index >= 15 is 0 Å². The maximum absolute atomic E-state index is 5.08. The lowest BCUT2D eigenvalue weighted by molar-refractivity contribution is 1.06. The molecule has 2 rings (SSSR count). The topological polar surface area (TPSA) is 28.7 Å². The van der Waals surface area contributed by atoms with E-state index in [9.17, 15) is 0 Å².